The van der Waals surface area contributed by atoms with Gasteiger partial charge in [-0.15, -0.1) is 0 Å². The standard InChI is InChI=1S/C17H14O4/c1-19-11-5-9-3-4-10-6-13(18)17(20-2)12-8-21-14(7-11)16(9)15(10)12/h3-7,18H,8H2,1-2H3. The third-order valence-electron chi connectivity index (χ3n) is 4.00. The summed E-state index contributed by atoms with van der Waals surface area (Å²) in [5.74, 6) is 2.19. The van der Waals surface area contributed by atoms with Gasteiger partial charge in [0.25, 0.3) is 0 Å². The molecular formula is C17H14O4. The first-order valence-corrected chi connectivity index (χ1v) is 6.69. The summed E-state index contributed by atoms with van der Waals surface area (Å²) in [7, 11) is 3.20. The topological polar surface area (TPSA) is 47.9 Å². The van der Waals surface area contributed by atoms with Gasteiger partial charge < -0.3 is 19.3 Å². The van der Waals surface area contributed by atoms with Crippen molar-refractivity contribution in [3.05, 3.63) is 35.9 Å². The fourth-order valence-corrected chi connectivity index (χ4v) is 3.09. The van der Waals surface area contributed by atoms with Crippen LogP contribution in [0, 0.1) is 0 Å². The Hall–Kier alpha value is -2.62. The number of hydrogen-bond acceptors (Lipinski definition) is 4. The highest BCUT2D eigenvalue weighted by Gasteiger charge is 2.22. The Bertz CT molecular complexity index is 883. The van der Waals surface area contributed by atoms with Crippen LogP contribution in [0.5, 0.6) is 23.0 Å². The molecular weight excluding hydrogens is 268 g/mol. The summed E-state index contributed by atoms with van der Waals surface area (Å²) in [6, 6.07) is 9.61. The van der Waals surface area contributed by atoms with E-state index in [1.165, 1.54) is 0 Å². The second-order valence-corrected chi connectivity index (χ2v) is 5.08. The van der Waals surface area contributed by atoms with E-state index in [9.17, 15) is 5.11 Å². The lowest BCUT2D eigenvalue weighted by molar-refractivity contribution is 0.292. The molecule has 0 aliphatic carbocycles. The first-order chi connectivity index (χ1) is 10.2. The molecule has 0 aromatic heterocycles. The van der Waals surface area contributed by atoms with Crippen molar-refractivity contribution in [1.82, 2.24) is 0 Å². The van der Waals surface area contributed by atoms with Gasteiger partial charge >= 0.3 is 0 Å². The number of phenolic OH excluding ortho intramolecular Hbond substituents is 1. The fraction of sp³-hybridized carbons (Fsp3) is 0.176. The van der Waals surface area contributed by atoms with E-state index in [1.807, 2.05) is 24.3 Å². The minimum Gasteiger partial charge on any atom is -0.504 e. The van der Waals surface area contributed by atoms with Crippen molar-refractivity contribution in [3.8, 4) is 23.0 Å². The van der Waals surface area contributed by atoms with Gasteiger partial charge in [0, 0.05) is 22.4 Å². The quantitative estimate of drug-likeness (QED) is 0.729. The molecule has 3 aromatic rings. The van der Waals surface area contributed by atoms with Gasteiger partial charge in [-0.1, -0.05) is 12.1 Å². The first-order valence-electron chi connectivity index (χ1n) is 6.69. The smallest absolute Gasteiger partial charge is 0.167 e. The van der Waals surface area contributed by atoms with Crippen LogP contribution in [0.4, 0.5) is 0 Å². The lowest BCUT2D eigenvalue weighted by Crippen LogP contribution is -2.06. The highest BCUT2D eigenvalue weighted by atomic mass is 16.5. The minimum atomic E-state index is 0.139. The molecule has 21 heavy (non-hydrogen) atoms. The zero-order valence-electron chi connectivity index (χ0n) is 11.8. The molecule has 3 aromatic carbocycles. The third kappa shape index (κ3) is 1.56. The van der Waals surface area contributed by atoms with Crippen molar-refractivity contribution in [2.24, 2.45) is 0 Å². The SMILES string of the molecule is COc1cc2c3c(ccc4cc(O)c(OC)c(c43)CO2)c1. The van der Waals surface area contributed by atoms with Gasteiger partial charge in [-0.3, -0.25) is 0 Å². The van der Waals surface area contributed by atoms with E-state index in [0.29, 0.717) is 12.4 Å². The van der Waals surface area contributed by atoms with Gasteiger partial charge in [0.1, 0.15) is 18.1 Å². The number of aromatic hydroxyl groups is 1. The van der Waals surface area contributed by atoms with E-state index in [0.717, 1.165) is 38.6 Å². The van der Waals surface area contributed by atoms with E-state index < -0.39 is 0 Å². The second kappa shape index (κ2) is 4.19. The lowest BCUT2D eigenvalue weighted by atomic mass is 9.94. The molecule has 0 fully saturated rings. The number of benzene rings is 3. The fourth-order valence-electron chi connectivity index (χ4n) is 3.09. The molecule has 1 aliphatic rings. The highest BCUT2D eigenvalue weighted by Crippen LogP contribution is 2.46. The molecule has 106 valence electrons. The molecule has 0 saturated carbocycles. The van der Waals surface area contributed by atoms with Crippen LogP contribution < -0.4 is 14.2 Å². The van der Waals surface area contributed by atoms with E-state index in [-0.39, 0.29) is 5.75 Å². The average Bonchev–Trinajstić information content (AvgIpc) is 2.51. The van der Waals surface area contributed by atoms with Crippen LogP contribution in [0.2, 0.25) is 0 Å². The molecule has 0 spiro atoms. The molecule has 1 N–H and O–H groups in total. The van der Waals surface area contributed by atoms with Crippen molar-refractivity contribution >= 4 is 21.5 Å². The molecule has 4 rings (SSSR count). The van der Waals surface area contributed by atoms with Crippen LogP contribution in [-0.4, -0.2) is 19.3 Å². The zero-order valence-corrected chi connectivity index (χ0v) is 11.8. The van der Waals surface area contributed by atoms with Crippen molar-refractivity contribution in [3.63, 3.8) is 0 Å². The maximum atomic E-state index is 10.1. The predicted molar refractivity (Wildman–Crippen MR) is 80.6 cm³/mol. The summed E-state index contributed by atoms with van der Waals surface area (Å²) in [6.45, 7) is 0.368. The van der Waals surface area contributed by atoms with Gasteiger partial charge in [0.15, 0.2) is 11.5 Å². The monoisotopic (exact) mass is 282 g/mol. The molecule has 4 nitrogen and oxygen atoms in total. The Morgan fingerprint density at radius 2 is 1.76 bits per heavy atom. The van der Waals surface area contributed by atoms with Crippen LogP contribution in [0.15, 0.2) is 30.3 Å². The summed E-state index contributed by atoms with van der Waals surface area (Å²) in [4.78, 5) is 0. The van der Waals surface area contributed by atoms with Crippen LogP contribution in [0.25, 0.3) is 21.5 Å². The number of hydrogen-bond donors (Lipinski definition) is 1. The normalized spacial score (nSPS) is 12.7. The molecule has 0 atom stereocenters. The van der Waals surface area contributed by atoms with Gasteiger partial charge in [0.05, 0.1) is 14.2 Å². The molecule has 1 heterocycles. The number of rotatable bonds is 2. The number of methoxy groups -OCH3 is 2. The third-order valence-corrected chi connectivity index (χ3v) is 4.00. The zero-order chi connectivity index (χ0) is 14.6. The Kier molecular flexibility index (Phi) is 2.42. The maximum absolute atomic E-state index is 10.1. The maximum Gasteiger partial charge on any atom is 0.167 e. The molecule has 0 bridgehead atoms. The van der Waals surface area contributed by atoms with E-state index in [1.54, 1.807) is 20.3 Å². The van der Waals surface area contributed by atoms with Crippen molar-refractivity contribution < 1.29 is 19.3 Å². The second-order valence-electron chi connectivity index (χ2n) is 5.08. The molecule has 0 unspecified atom stereocenters. The summed E-state index contributed by atoms with van der Waals surface area (Å²) in [6.07, 6.45) is 0. The van der Waals surface area contributed by atoms with E-state index in [4.69, 9.17) is 14.2 Å². The molecule has 0 amide bonds. The van der Waals surface area contributed by atoms with E-state index in [2.05, 4.69) is 0 Å². The Morgan fingerprint density at radius 1 is 1.00 bits per heavy atom. The van der Waals surface area contributed by atoms with Crippen LogP contribution >= 0.6 is 0 Å². The van der Waals surface area contributed by atoms with Gasteiger partial charge in [-0.05, 0) is 22.9 Å². The Balaban J connectivity index is 2.23. The van der Waals surface area contributed by atoms with Crippen molar-refractivity contribution in [2.75, 3.05) is 14.2 Å². The molecule has 0 radical (unpaired) electrons. The molecule has 0 saturated heterocycles. The lowest BCUT2D eigenvalue weighted by Gasteiger charge is -2.22. The summed E-state index contributed by atoms with van der Waals surface area (Å²) < 4.78 is 16.5. The number of phenols is 1. The van der Waals surface area contributed by atoms with Gasteiger partial charge in [-0.25, -0.2) is 0 Å². The van der Waals surface area contributed by atoms with Crippen LogP contribution in [0.1, 0.15) is 5.56 Å². The Morgan fingerprint density at radius 3 is 2.48 bits per heavy atom. The summed E-state index contributed by atoms with van der Waals surface area (Å²) in [5.41, 5.74) is 0.885. The Labute approximate surface area is 121 Å². The summed E-state index contributed by atoms with van der Waals surface area (Å²) in [5, 5.41) is 14.2. The average molecular weight is 282 g/mol. The van der Waals surface area contributed by atoms with Crippen molar-refractivity contribution in [1.29, 1.82) is 0 Å². The van der Waals surface area contributed by atoms with E-state index >= 15 is 0 Å². The summed E-state index contributed by atoms with van der Waals surface area (Å²) >= 11 is 0. The van der Waals surface area contributed by atoms with Crippen molar-refractivity contribution in [2.45, 2.75) is 6.61 Å². The van der Waals surface area contributed by atoms with Crippen LogP contribution in [0.3, 0.4) is 0 Å². The predicted octanol–water partition coefficient (Wildman–Crippen LogP) is 3.61. The molecule has 4 heteroatoms. The molecule has 1 aliphatic heterocycles. The number of ether oxygens (including phenoxy) is 3. The first kappa shape index (κ1) is 12.1. The minimum absolute atomic E-state index is 0.139. The van der Waals surface area contributed by atoms with Crippen LogP contribution in [-0.2, 0) is 6.61 Å². The van der Waals surface area contributed by atoms with Gasteiger partial charge in [-0.2, -0.15) is 0 Å². The van der Waals surface area contributed by atoms with Gasteiger partial charge in [0.2, 0.25) is 0 Å². The largest absolute Gasteiger partial charge is 0.504 e. The highest BCUT2D eigenvalue weighted by molar-refractivity contribution is 6.14.